The largest absolute Gasteiger partial charge is 0.373 e. The minimum atomic E-state index is -0.254. The average molecular weight is 272 g/mol. The van der Waals surface area contributed by atoms with E-state index in [1.54, 1.807) is 31.4 Å². The Morgan fingerprint density at radius 1 is 1.53 bits per heavy atom. The van der Waals surface area contributed by atoms with Gasteiger partial charge in [0.25, 0.3) is 0 Å². The minimum Gasteiger partial charge on any atom is -0.373 e. The Morgan fingerprint density at radius 3 is 2.73 bits per heavy atom. The fourth-order valence-electron chi connectivity index (χ4n) is 1.19. The first kappa shape index (κ1) is 12.0. The monoisotopic (exact) mass is 271 g/mol. The Hall–Kier alpha value is -1.10. The number of likely N-dealkylation sites (N-methyl/N-ethyl adjacent to an activating group) is 1. The molecular weight excluding hydrogens is 258 g/mol. The van der Waals surface area contributed by atoms with E-state index in [1.165, 1.54) is 0 Å². The van der Waals surface area contributed by atoms with Crippen LogP contribution in [-0.2, 0) is 4.79 Å². The van der Waals surface area contributed by atoms with Crippen LogP contribution >= 0.6 is 15.9 Å². The SMILES string of the molecule is CC(Nc1cncc(Br)c1)C(=O)N(C)C. The van der Waals surface area contributed by atoms with E-state index in [0.717, 1.165) is 10.2 Å². The topological polar surface area (TPSA) is 45.2 Å². The number of anilines is 1. The average Bonchev–Trinajstić information content (AvgIpc) is 2.16. The summed E-state index contributed by atoms with van der Waals surface area (Å²) < 4.78 is 0.886. The van der Waals surface area contributed by atoms with Crippen LogP contribution in [0.1, 0.15) is 6.92 Å². The van der Waals surface area contributed by atoms with E-state index in [0.29, 0.717) is 0 Å². The van der Waals surface area contributed by atoms with Gasteiger partial charge in [-0.25, -0.2) is 0 Å². The highest BCUT2D eigenvalue weighted by Crippen LogP contribution is 2.14. The van der Waals surface area contributed by atoms with Crippen molar-refractivity contribution in [1.82, 2.24) is 9.88 Å². The van der Waals surface area contributed by atoms with Crippen molar-refractivity contribution in [2.45, 2.75) is 13.0 Å². The van der Waals surface area contributed by atoms with Crippen LogP contribution in [0.15, 0.2) is 22.9 Å². The molecule has 1 N–H and O–H groups in total. The molecule has 4 nitrogen and oxygen atoms in total. The fraction of sp³-hybridized carbons (Fsp3) is 0.400. The van der Waals surface area contributed by atoms with E-state index in [9.17, 15) is 4.79 Å². The molecule has 1 amide bonds. The summed E-state index contributed by atoms with van der Waals surface area (Å²) in [4.78, 5) is 17.1. The normalized spacial score (nSPS) is 12.0. The van der Waals surface area contributed by atoms with Gasteiger partial charge in [-0.1, -0.05) is 0 Å². The van der Waals surface area contributed by atoms with Crippen molar-refractivity contribution < 1.29 is 4.79 Å². The number of aromatic nitrogens is 1. The summed E-state index contributed by atoms with van der Waals surface area (Å²) in [5.41, 5.74) is 0.826. The molecular formula is C10H14BrN3O. The van der Waals surface area contributed by atoms with Gasteiger partial charge in [0.05, 0.1) is 11.9 Å². The van der Waals surface area contributed by atoms with Crippen molar-refractivity contribution in [2.24, 2.45) is 0 Å². The second kappa shape index (κ2) is 5.11. The van der Waals surface area contributed by atoms with Gasteiger partial charge in [-0.15, -0.1) is 0 Å². The molecule has 15 heavy (non-hydrogen) atoms. The first-order valence-electron chi connectivity index (χ1n) is 4.59. The lowest BCUT2D eigenvalue weighted by Gasteiger charge is -2.18. The van der Waals surface area contributed by atoms with E-state index < -0.39 is 0 Å². The molecule has 0 spiro atoms. The third kappa shape index (κ3) is 3.51. The van der Waals surface area contributed by atoms with Crippen molar-refractivity contribution in [1.29, 1.82) is 0 Å². The van der Waals surface area contributed by atoms with Crippen LogP contribution < -0.4 is 5.32 Å². The molecule has 1 heterocycles. The van der Waals surface area contributed by atoms with E-state index in [4.69, 9.17) is 0 Å². The summed E-state index contributed by atoms with van der Waals surface area (Å²) in [6.45, 7) is 1.82. The molecule has 1 atom stereocenters. The number of hydrogen-bond donors (Lipinski definition) is 1. The standard InChI is InChI=1S/C10H14BrN3O/c1-7(10(15)14(2)3)13-9-4-8(11)5-12-6-9/h4-7,13H,1-3H3. The molecule has 0 bridgehead atoms. The van der Waals surface area contributed by atoms with Gasteiger partial charge < -0.3 is 10.2 Å². The predicted octanol–water partition coefficient (Wildman–Crippen LogP) is 1.73. The lowest BCUT2D eigenvalue weighted by Crippen LogP contribution is -2.36. The predicted molar refractivity (Wildman–Crippen MR) is 63.7 cm³/mol. The molecule has 1 rings (SSSR count). The number of nitrogens with zero attached hydrogens (tertiary/aromatic N) is 2. The van der Waals surface area contributed by atoms with E-state index in [-0.39, 0.29) is 11.9 Å². The summed E-state index contributed by atoms with van der Waals surface area (Å²) in [6.07, 6.45) is 3.38. The Kier molecular flexibility index (Phi) is 4.08. The first-order valence-corrected chi connectivity index (χ1v) is 5.38. The van der Waals surface area contributed by atoms with Crippen molar-refractivity contribution in [3.05, 3.63) is 22.9 Å². The van der Waals surface area contributed by atoms with E-state index in [2.05, 4.69) is 26.2 Å². The van der Waals surface area contributed by atoms with Gasteiger partial charge in [0.1, 0.15) is 6.04 Å². The van der Waals surface area contributed by atoms with Gasteiger partial charge >= 0.3 is 0 Å². The summed E-state index contributed by atoms with van der Waals surface area (Å²) in [5.74, 6) is 0.0370. The quantitative estimate of drug-likeness (QED) is 0.911. The lowest BCUT2D eigenvalue weighted by molar-refractivity contribution is -0.129. The van der Waals surface area contributed by atoms with Gasteiger partial charge in [-0.2, -0.15) is 0 Å². The number of carbonyl (C=O) groups excluding carboxylic acids is 1. The number of hydrogen-bond acceptors (Lipinski definition) is 3. The summed E-state index contributed by atoms with van der Waals surface area (Å²) >= 11 is 3.32. The second-order valence-electron chi connectivity index (χ2n) is 3.49. The summed E-state index contributed by atoms with van der Waals surface area (Å²) in [6, 6.07) is 1.63. The van der Waals surface area contributed by atoms with Crippen LogP contribution in [0.2, 0.25) is 0 Å². The van der Waals surface area contributed by atoms with Crippen molar-refractivity contribution >= 4 is 27.5 Å². The van der Waals surface area contributed by atoms with Crippen LogP contribution in [0.5, 0.6) is 0 Å². The molecule has 0 fully saturated rings. The molecule has 1 aromatic rings. The number of carbonyl (C=O) groups is 1. The maximum absolute atomic E-state index is 11.6. The molecule has 1 unspecified atom stereocenters. The fourth-order valence-corrected chi connectivity index (χ4v) is 1.55. The number of amides is 1. The molecule has 0 radical (unpaired) electrons. The second-order valence-corrected chi connectivity index (χ2v) is 4.41. The lowest BCUT2D eigenvalue weighted by atomic mass is 10.3. The smallest absolute Gasteiger partial charge is 0.244 e. The molecule has 1 aromatic heterocycles. The van der Waals surface area contributed by atoms with Crippen LogP contribution in [0, 0.1) is 0 Å². The summed E-state index contributed by atoms with van der Waals surface area (Å²) in [7, 11) is 3.47. The Balaban J connectivity index is 2.66. The van der Waals surface area contributed by atoms with Crippen molar-refractivity contribution in [3.8, 4) is 0 Å². The minimum absolute atomic E-state index is 0.0370. The van der Waals surface area contributed by atoms with Gasteiger partial charge in [0.15, 0.2) is 0 Å². The maximum atomic E-state index is 11.6. The first-order chi connectivity index (χ1) is 7.00. The Morgan fingerprint density at radius 2 is 2.20 bits per heavy atom. The van der Waals surface area contributed by atoms with Gasteiger partial charge in [-0.3, -0.25) is 9.78 Å². The van der Waals surface area contributed by atoms with Crippen LogP contribution in [0.4, 0.5) is 5.69 Å². The highest BCUT2D eigenvalue weighted by molar-refractivity contribution is 9.10. The molecule has 5 heteroatoms. The van der Waals surface area contributed by atoms with E-state index in [1.807, 2.05) is 13.0 Å². The molecule has 0 aliphatic heterocycles. The van der Waals surface area contributed by atoms with Crippen molar-refractivity contribution in [3.63, 3.8) is 0 Å². The Bertz CT molecular complexity index is 354. The van der Waals surface area contributed by atoms with Gasteiger partial charge in [0.2, 0.25) is 5.91 Å². The zero-order valence-electron chi connectivity index (χ0n) is 8.99. The van der Waals surface area contributed by atoms with Crippen molar-refractivity contribution in [2.75, 3.05) is 19.4 Å². The third-order valence-electron chi connectivity index (χ3n) is 1.90. The molecule has 82 valence electrons. The van der Waals surface area contributed by atoms with Crippen LogP contribution in [-0.4, -0.2) is 35.9 Å². The Labute approximate surface area is 97.8 Å². The van der Waals surface area contributed by atoms with Crippen LogP contribution in [0.3, 0.4) is 0 Å². The zero-order valence-corrected chi connectivity index (χ0v) is 10.6. The maximum Gasteiger partial charge on any atom is 0.244 e. The number of halogens is 1. The number of pyridine rings is 1. The molecule has 0 aromatic carbocycles. The molecule has 0 aliphatic rings. The summed E-state index contributed by atoms with van der Waals surface area (Å²) in [5, 5.41) is 3.08. The molecule has 0 aliphatic carbocycles. The zero-order chi connectivity index (χ0) is 11.4. The number of nitrogens with one attached hydrogen (secondary N) is 1. The number of rotatable bonds is 3. The third-order valence-corrected chi connectivity index (χ3v) is 2.33. The highest BCUT2D eigenvalue weighted by Gasteiger charge is 2.14. The van der Waals surface area contributed by atoms with E-state index >= 15 is 0 Å². The highest BCUT2D eigenvalue weighted by atomic mass is 79.9. The van der Waals surface area contributed by atoms with Gasteiger partial charge in [-0.05, 0) is 28.9 Å². The van der Waals surface area contributed by atoms with Crippen LogP contribution in [0.25, 0.3) is 0 Å². The molecule has 0 saturated heterocycles. The molecule has 0 saturated carbocycles. The van der Waals surface area contributed by atoms with Gasteiger partial charge in [0, 0.05) is 24.8 Å².